The van der Waals surface area contributed by atoms with E-state index in [-0.39, 0.29) is 18.3 Å². The number of alkyl halides is 3. The molecule has 0 bridgehead atoms. The van der Waals surface area contributed by atoms with Gasteiger partial charge >= 0.3 is 18.1 Å². The Morgan fingerprint density at radius 1 is 1.16 bits per heavy atom. The summed E-state index contributed by atoms with van der Waals surface area (Å²) in [5.74, 6) is -2.84. The second-order valence-electron chi connectivity index (χ2n) is 7.86. The Labute approximate surface area is 213 Å². The maximum absolute atomic E-state index is 12.9. The fraction of sp³-hybridized carbons (Fsp3) is 0.250. The number of H-pyrrole nitrogens is 1. The topological polar surface area (TPSA) is 160 Å². The van der Waals surface area contributed by atoms with Crippen LogP contribution >= 0.6 is 0 Å². The lowest BCUT2D eigenvalue weighted by atomic mass is 9.95. The van der Waals surface area contributed by atoms with Crippen LogP contribution in [-0.4, -0.2) is 64.8 Å². The summed E-state index contributed by atoms with van der Waals surface area (Å²) in [5, 5.41) is 25.6. The summed E-state index contributed by atoms with van der Waals surface area (Å²) < 4.78 is 48.1. The minimum atomic E-state index is -5.08. The second-order valence-corrected chi connectivity index (χ2v) is 7.86. The van der Waals surface area contributed by atoms with Crippen LogP contribution in [-0.2, 0) is 20.8 Å². The average molecular weight is 537 g/mol. The van der Waals surface area contributed by atoms with Crippen molar-refractivity contribution < 1.29 is 52.0 Å². The van der Waals surface area contributed by atoms with E-state index in [1.807, 2.05) is 18.2 Å². The molecular weight excluding hydrogens is 515 g/mol. The fourth-order valence-electron chi connectivity index (χ4n) is 3.37. The molecule has 1 atom stereocenters. The molecule has 202 valence electrons. The van der Waals surface area contributed by atoms with Gasteiger partial charge in [0.15, 0.2) is 6.61 Å². The van der Waals surface area contributed by atoms with Crippen LogP contribution in [0.25, 0.3) is 11.1 Å². The monoisotopic (exact) mass is 537 g/mol. The lowest BCUT2D eigenvalue weighted by Crippen LogP contribution is -2.32. The average Bonchev–Trinajstić information content (AvgIpc) is 3.42. The molecule has 0 saturated heterocycles. The first-order valence-corrected chi connectivity index (χ1v) is 10.9. The maximum Gasteiger partial charge on any atom is 0.490 e. The lowest BCUT2D eigenvalue weighted by Gasteiger charge is -2.25. The van der Waals surface area contributed by atoms with Crippen molar-refractivity contribution >= 4 is 23.5 Å². The summed E-state index contributed by atoms with van der Waals surface area (Å²) in [4.78, 5) is 32.8. The van der Waals surface area contributed by atoms with E-state index >= 15 is 0 Å². The first-order valence-electron chi connectivity index (χ1n) is 10.9. The zero-order chi connectivity index (χ0) is 27.9. The number of aliphatic carboxylic acids is 2. The number of nitrogens with zero attached hydrogens (tertiary/aromatic N) is 1. The fourth-order valence-corrected chi connectivity index (χ4v) is 3.37. The number of carboxylic acids is 2. The molecule has 0 radical (unpaired) electrons. The SMILES string of the molecule is COc1ccc2c(c1)CC(C(=O)Nc1ccc(-c3cn[nH]c3)cc1OCC(=O)O)CO2.O=C(O)C(F)(F)F. The van der Waals surface area contributed by atoms with Crippen LogP contribution in [0.15, 0.2) is 48.8 Å². The highest BCUT2D eigenvalue weighted by Crippen LogP contribution is 2.34. The van der Waals surface area contributed by atoms with E-state index in [4.69, 9.17) is 29.2 Å². The number of carboxylic acid groups (broad SMARTS) is 2. The smallest absolute Gasteiger partial charge is 0.490 e. The molecule has 1 amide bonds. The van der Waals surface area contributed by atoms with Crippen molar-refractivity contribution in [1.82, 2.24) is 10.2 Å². The highest BCUT2D eigenvalue weighted by Gasteiger charge is 2.38. The number of amides is 1. The van der Waals surface area contributed by atoms with Crippen molar-refractivity contribution in [3.8, 4) is 28.4 Å². The van der Waals surface area contributed by atoms with Gasteiger partial charge < -0.3 is 29.7 Å². The van der Waals surface area contributed by atoms with Crippen LogP contribution in [0.4, 0.5) is 18.9 Å². The van der Waals surface area contributed by atoms with Gasteiger partial charge in [-0.15, -0.1) is 0 Å². The minimum Gasteiger partial charge on any atom is -0.497 e. The van der Waals surface area contributed by atoms with E-state index in [0.717, 1.165) is 22.4 Å². The highest BCUT2D eigenvalue weighted by atomic mass is 19.4. The number of halogens is 3. The Morgan fingerprint density at radius 3 is 2.50 bits per heavy atom. The number of fused-ring (bicyclic) bond motifs is 1. The second kappa shape index (κ2) is 12.0. The third-order valence-electron chi connectivity index (χ3n) is 5.21. The summed E-state index contributed by atoms with van der Waals surface area (Å²) in [7, 11) is 1.58. The zero-order valence-electron chi connectivity index (χ0n) is 19.7. The zero-order valence-corrected chi connectivity index (χ0v) is 19.7. The van der Waals surface area contributed by atoms with E-state index in [2.05, 4.69) is 15.5 Å². The number of nitrogens with one attached hydrogen (secondary N) is 2. The molecular formula is C24H22F3N3O8. The van der Waals surface area contributed by atoms with Crippen LogP contribution in [0.2, 0.25) is 0 Å². The Morgan fingerprint density at radius 2 is 1.89 bits per heavy atom. The van der Waals surface area contributed by atoms with Gasteiger partial charge in [0.05, 0.1) is 24.9 Å². The Kier molecular flexibility index (Phi) is 8.78. The number of rotatable bonds is 7. The normalized spacial score (nSPS) is 14.2. The largest absolute Gasteiger partial charge is 0.497 e. The Bertz CT molecular complexity index is 1300. The van der Waals surface area contributed by atoms with Crippen LogP contribution in [0.1, 0.15) is 5.56 Å². The van der Waals surface area contributed by atoms with Gasteiger partial charge in [-0.05, 0) is 47.9 Å². The molecule has 11 nitrogen and oxygen atoms in total. The molecule has 0 spiro atoms. The van der Waals surface area contributed by atoms with E-state index in [9.17, 15) is 22.8 Å². The molecule has 14 heteroatoms. The van der Waals surface area contributed by atoms with Crippen molar-refractivity contribution in [2.75, 3.05) is 25.6 Å². The Hall–Kier alpha value is -4.75. The van der Waals surface area contributed by atoms with Crippen molar-refractivity contribution in [3.63, 3.8) is 0 Å². The number of aromatic amines is 1. The van der Waals surface area contributed by atoms with Crippen molar-refractivity contribution in [2.24, 2.45) is 5.92 Å². The van der Waals surface area contributed by atoms with Gasteiger partial charge in [-0.1, -0.05) is 6.07 Å². The first kappa shape index (κ1) is 27.8. The highest BCUT2D eigenvalue weighted by molar-refractivity contribution is 5.95. The minimum absolute atomic E-state index is 0.240. The van der Waals surface area contributed by atoms with Gasteiger partial charge in [0, 0.05) is 11.8 Å². The number of hydrogen-bond donors (Lipinski definition) is 4. The van der Waals surface area contributed by atoms with Gasteiger partial charge in [0.2, 0.25) is 5.91 Å². The van der Waals surface area contributed by atoms with E-state index in [1.54, 1.807) is 37.7 Å². The third kappa shape index (κ3) is 7.38. The molecule has 2 aromatic carbocycles. The number of carbonyl (C=O) groups is 3. The molecule has 2 heterocycles. The molecule has 4 N–H and O–H groups in total. The summed E-state index contributed by atoms with van der Waals surface area (Å²) in [6.45, 7) is -0.291. The molecule has 1 aromatic heterocycles. The number of carbonyl (C=O) groups excluding carboxylic acids is 1. The van der Waals surface area contributed by atoms with Gasteiger partial charge in [-0.3, -0.25) is 9.89 Å². The number of benzene rings is 2. The quantitative estimate of drug-likeness (QED) is 0.354. The molecule has 3 aromatic rings. The molecule has 38 heavy (non-hydrogen) atoms. The number of methoxy groups -OCH3 is 1. The lowest BCUT2D eigenvalue weighted by molar-refractivity contribution is -0.192. The molecule has 1 unspecified atom stereocenters. The van der Waals surface area contributed by atoms with Crippen LogP contribution in [0.3, 0.4) is 0 Å². The molecule has 4 rings (SSSR count). The summed E-state index contributed by atoms with van der Waals surface area (Å²) >= 11 is 0. The van der Waals surface area contributed by atoms with Gasteiger partial charge in [-0.25, -0.2) is 9.59 Å². The Balaban J connectivity index is 0.000000505. The molecule has 0 fully saturated rings. The van der Waals surface area contributed by atoms with Crippen LogP contribution in [0, 0.1) is 5.92 Å². The first-order chi connectivity index (χ1) is 18.0. The van der Waals surface area contributed by atoms with Gasteiger partial charge in [-0.2, -0.15) is 18.3 Å². The molecule has 0 aliphatic carbocycles. The summed E-state index contributed by atoms with van der Waals surface area (Å²) in [6.07, 6.45) is -1.24. The van der Waals surface area contributed by atoms with Crippen molar-refractivity contribution in [2.45, 2.75) is 12.6 Å². The van der Waals surface area contributed by atoms with Crippen LogP contribution < -0.4 is 19.5 Å². The summed E-state index contributed by atoms with van der Waals surface area (Å²) in [6, 6.07) is 10.6. The number of ether oxygens (including phenoxy) is 3. The van der Waals surface area contributed by atoms with E-state index in [0.29, 0.717) is 17.9 Å². The standard InChI is InChI=1S/C22H21N3O6.C2HF3O2/c1-29-17-3-5-19-14(7-17)6-15(11-30-19)22(28)25-18-4-2-13(16-9-23-24-10-16)8-20(18)31-12-21(26)27;3-2(4,5)1(6)7/h2-5,7-10,15H,6,11-12H2,1H3,(H,23,24)(H,25,28)(H,26,27);(H,6,7). The van der Waals surface area contributed by atoms with E-state index in [1.165, 1.54) is 0 Å². The predicted octanol–water partition coefficient (Wildman–Crippen LogP) is 3.37. The number of anilines is 1. The maximum atomic E-state index is 12.9. The van der Waals surface area contributed by atoms with Gasteiger partial charge in [0.25, 0.3) is 0 Å². The predicted molar refractivity (Wildman–Crippen MR) is 125 cm³/mol. The number of hydrogen-bond acceptors (Lipinski definition) is 7. The molecule has 1 aliphatic heterocycles. The third-order valence-corrected chi connectivity index (χ3v) is 5.21. The summed E-state index contributed by atoms with van der Waals surface area (Å²) in [5.41, 5.74) is 2.86. The molecule has 1 aliphatic rings. The van der Waals surface area contributed by atoms with Crippen molar-refractivity contribution in [3.05, 3.63) is 54.4 Å². The van der Waals surface area contributed by atoms with E-state index < -0.39 is 30.6 Å². The van der Waals surface area contributed by atoms with Crippen molar-refractivity contribution in [1.29, 1.82) is 0 Å². The van der Waals surface area contributed by atoms with Gasteiger partial charge in [0.1, 0.15) is 23.9 Å². The number of aromatic nitrogens is 2. The van der Waals surface area contributed by atoms with Crippen LogP contribution in [0.5, 0.6) is 17.2 Å². The molecule has 0 saturated carbocycles.